The summed E-state index contributed by atoms with van der Waals surface area (Å²) in [6, 6.07) is 6.10. The predicted molar refractivity (Wildman–Crippen MR) is 87.2 cm³/mol. The second-order valence-corrected chi connectivity index (χ2v) is 6.73. The number of hydrogen-bond donors (Lipinski definition) is 0. The summed E-state index contributed by atoms with van der Waals surface area (Å²) in [5.74, 6) is 1.43. The van der Waals surface area contributed by atoms with Crippen molar-refractivity contribution in [3.05, 3.63) is 47.0 Å². The van der Waals surface area contributed by atoms with Gasteiger partial charge in [-0.1, -0.05) is 43.9 Å². The Kier molecular flexibility index (Phi) is 4.73. The number of hydrogen-bond acceptors (Lipinski definition) is 0. The maximum Gasteiger partial charge on any atom is 0.458 e. The number of fused-ring (bicyclic) bond motifs is 1. The third kappa shape index (κ3) is 3.95. The molecule has 2 aromatic carbocycles. The van der Waals surface area contributed by atoms with Crippen LogP contribution in [0.2, 0.25) is 0 Å². The minimum Gasteiger partial charge on any atom is -0.205 e. The predicted octanol–water partition coefficient (Wildman–Crippen LogP) is 6.33. The van der Waals surface area contributed by atoms with Gasteiger partial charge in [0.1, 0.15) is 11.6 Å². The number of alkyl halides is 3. The molecular formula is C20H17F5. The van der Waals surface area contributed by atoms with E-state index >= 15 is 0 Å². The molecule has 2 aromatic rings. The summed E-state index contributed by atoms with van der Waals surface area (Å²) in [5, 5.41) is 0.435. The molecule has 3 rings (SSSR count). The molecule has 0 spiro atoms. The van der Waals surface area contributed by atoms with Crippen LogP contribution in [0, 0.1) is 29.4 Å². The molecule has 0 bridgehead atoms. The average Bonchev–Trinajstić information content (AvgIpc) is 2.53. The molecular weight excluding hydrogens is 335 g/mol. The van der Waals surface area contributed by atoms with E-state index in [0.29, 0.717) is 17.2 Å². The highest BCUT2D eigenvalue weighted by Gasteiger charge is 2.24. The van der Waals surface area contributed by atoms with E-state index in [1.54, 1.807) is 18.1 Å². The van der Waals surface area contributed by atoms with E-state index in [9.17, 15) is 22.0 Å². The van der Waals surface area contributed by atoms with Gasteiger partial charge in [-0.05, 0) is 41.7 Å². The van der Waals surface area contributed by atoms with Gasteiger partial charge in [-0.25, -0.2) is 8.78 Å². The van der Waals surface area contributed by atoms with Crippen molar-refractivity contribution in [2.45, 2.75) is 44.7 Å². The lowest BCUT2D eigenvalue weighted by Crippen LogP contribution is -2.10. The van der Waals surface area contributed by atoms with Gasteiger partial charge in [-0.15, -0.1) is 0 Å². The Hall–Kier alpha value is -2.09. The molecule has 5 heteroatoms. The van der Waals surface area contributed by atoms with Crippen LogP contribution in [0.5, 0.6) is 0 Å². The molecule has 0 atom stereocenters. The third-order valence-corrected chi connectivity index (χ3v) is 4.87. The summed E-state index contributed by atoms with van der Waals surface area (Å²) >= 11 is 0. The SMILES string of the molecule is CC1CCC(c2ccc3c(F)c(C#CC(F)(F)F)c(F)cc3c2)CC1. The molecule has 1 aliphatic rings. The fourth-order valence-electron chi connectivity index (χ4n) is 3.44. The Morgan fingerprint density at radius 1 is 1.00 bits per heavy atom. The van der Waals surface area contributed by atoms with Crippen molar-refractivity contribution >= 4 is 10.8 Å². The van der Waals surface area contributed by atoms with Gasteiger partial charge in [0.15, 0.2) is 0 Å². The highest BCUT2D eigenvalue weighted by Crippen LogP contribution is 2.37. The van der Waals surface area contributed by atoms with Crippen molar-refractivity contribution in [2.24, 2.45) is 5.92 Å². The molecule has 0 N–H and O–H groups in total. The number of benzene rings is 2. The molecule has 0 saturated heterocycles. The molecule has 0 unspecified atom stereocenters. The molecule has 132 valence electrons. The first-order valence-corrected chi connectivity index (χ1v) is 8.26. The topological polar surface area (TPSA) is 0 Å². The highest BCUT2D eigenvalue weighted by molar-refractivity contribution is 5.85. The summed E-state index contributed by atoms with van der Waals surface area (Å²) in [7, 11) is 0. The van der Waals surface area contributed by atoms with Gasteiger partial charge in [-0.3, -0.25) is 0 Å². The van der Waals surface area contributed by atoms with Gasteiger partial charge >= 0.3 is 6.18 Å². The van der Waals surface area contributed by atoms with Crippen LogP contribution in [0.25, 0.3) is 10.8 Å². The Bertz CT molecular complexity index is 846. The lowest BCUT2D eigenvalue weighted by Gasteiger charge is -2.26. The Morgan fingerprint density at radius 3 is 2.32 bits per heavy atom. The summed E-state index contributed by atoms with van der Waals surface area (Å²) < 4.78 is 65.1. The van der Waals surface area contributed by atoms with Crippen LogP contribution in [-0.2, 0) is 0 Å². The molecule has 0 heterocycles. The zero-order valence-corrected chi connectivity index (χ0v) is 13.7. The molecule has 1 saturated carbocycles. The van der Waals surface area contributed by atoms with Crippen molar-refractivity contribution in [3.63, 3.8) is 0 Å². The van der Waals surface area contributed by atoms with E-state index in [1.807, 2.05) is 0 Å². The van der Waals surface area contributed by atoms with Crippen LogP contribution < -0.4 is 0 Å². The first-order valence-electron chi connectivity index (χ1n) is 8.26. The number of rotatable bonds is 1. The summed E-state index contributed by atoms with van der Waals surface area (Å²) in [6.45, 7) is 2.21. The largest absolute Gasteiger partial charge is 0.458 e. The highest BCUT2D eigenvalue weighted by atomic mass is 19.4. The fourth-order valence-corrected chi connectivity index (χ4v) is 3.44. The molecule has 0 amide bonds. The van der Waals surface area contributed by atoms with E-state index in [-0.39, 0.29) is 5.39 Å². The van der Waals surface area contributed by atoms with E-state index in [4.69, 9.17) is 0 Å². The second kappa shape index (κ2) is 6.67. The Balaban J connectivity index is 2.00. The monoisotopic (exact) mass is 352 g/mol. The molecule has 1 fully saturated rings. The first kappa shape index (κ1) is 17.7. The van der Waals surface area contributed by atoms with Crippen molar-refractivity contribution in [1.29, 1.82) is 0 Å². The lowest BCUT2D eigenvalue weighted by molar-refractivity contribution is -0.0696. The van der Waals surface area contributed by atoms with Crippen molar-refractivity contribution in [3.8, 4) is 11.8 Å². The lowest BCUT2D eigenvalue weighted by atomic mass is 9.79. The molecule has 0 radical (unpaired) electrons. The average molecular weight is 352 g/mol. The first-order chi connectivity index (χ1) is 11.7. The van der Waals surface area contributed by atoms with Crippen LogP contribution in [0.4, 0.5) is 22.0 Å². The van der Waals surface area contributed by atoms with E-state index in [0.717, 1.165) is 43.2 Å². The smallest absolute Gasteiger partial charge is 0.205 e. The summed E-state index contributed by atoms with van der Waals surface area (Å²) in [5.41, 5.74) is 0.177. The van der Waals surface area contributed by atoms with Crippen molar-refractivity contribution < 1.29 is 22.0 Å². The van der Waals surface area contributed by atoms with Crippen molar-refractivity contribution in [2.75, 3.05) is 0 Å². The maximum absolute atomic E-state index is 14.4. The van der Waals surface area contributed by atoms with Gasteiger partial charge in [0.25, 0.3) is 0 Å². The van der Waals surface area contributed by atoms with Gasteiger partial charge in [0.2, 0.25) is 0 Å². The summed E-state index contributed by atoms with van der Waals surface area (Å²) in [4.78, 5) is 0. The second-order valence-electron chi connectivity index (χ2n) is 6.73. The minimum atomic E-state index is -4.80. The molecule has 0 aromatic heterocycles. The quantitative estimate of drug-likeness (QED) is 0.416. The Morgan fingerprint density at radius 2 is 1.68 bits per heavy atom. The van der Waals surface area contributed by atoms with Gasteiger partial charge in [-0.2, -0.15) is 13.2 Å². The fraction of sp³-hybridized carbons (Fsp3) is 0.400. The van der Waals surface area contributed by atoms with E-state index in [2.05, 4.69) is 6.92 Å². The minimum absolute atomic E-state index is 0.0841. The Labute approximate surface area is 143 Å². The van der Waals surface area contributed by atoms with E-state index < -0.39 is 23.4 Å². The normalized spacial score (nSPS) is 21.0. The number of halogens is 5. The maximum atomic E-state index is 14.4. The van der Waals surface area contributed by atoms with Crippen LogP contribution >= 0.6 is 0 Å². The van der Waals surface area contributed by atoms with Gasteiger partial charge < -0.3 is 0 Å². The van der Waals surface area contributed by atoms with Crippen LogP contribution in [0.1, 0.15) is 49.7 Å². The van der Waals surface area contributed by atoms with Gasteiger partial charge in [0.05, 0.1) is 5.56 Å². The molecule has 0 nitrogen and oxygen atoms in total. The van der Waals surface area contributed by atoms with Gasteiger partial charge in [0, 0.05) is 11.3 Å². The zero-order chi connectivity index (χ0) is 18.2. The molecule has 1 aliphatic carbocycles. The van der Waals surface area contributed by atoms with Crippen LogP contribution in [-0.4, -0.2) is 6.18 Å². The van der Waals surface area contributed by atoms with Crippen LogP contribution in [0.15, 0.2) is 24.3 Å². The van der Waals surface area contributed by atoms with E-state index in [1.165, 1.54) is 6.07 Å². The standard InChI is InChI=1S/C20H17F5/c1-12-2-4-13(5-3-12)14-6-7-16-15(10-14)11-18(21)17(19(16)22)8-9-20(23,24)25/h6-7,10-13H,2-5H2,1H3. The molecule has 25 heavy (non-hydrogen) atoms. The van der Waals surface area contributed by atoms with Crippen LogP contribution in [0.3, 0.4) is 0 Å². The summed E-state index contributed by atoms with van der Waals surface area (Å²) in [6.07, 6.45) is -0.482. The molecule has 0 aliphatic heterocycles. The third-order valence-electron chi connectivity index (χ3n) is 4.87. The van der Waals surface area contributed by atoms with Crippen molar-refractivity contribution in [1.82, 2.24) is 0 Å². The zero-order valence-electron chi connectivity index (χ0n) is 13.7.